The topological polar surface area (TPSA) is 40.8 Å². The summed E-state index contributed by atoms with van der Waals surface area (Å²) in [5, 5.41) is 12.6. The van der Waals surface area contributed by atoms with E-state index >= 15 is 0 Å². The van der Waals surface area contributed by atoms with Crippen LogP contribution in [0, 0.1) is 24.2 Å². The smallest absolute Gasteiger partial charge is 0.120 e. The lowest BCUT2D eigenvalue weighted by Gasteiger charge is -2.26. The Morgan fingerprint density at radius 1 is 1.53 bits per heavy atom. The Morgan fingerprint density at radius 3 is 2.65 bits per heavy atom. The number of rotatable bonds is 4. The summed E-state index contributed by atoms with van der Waals surface area (Å²) < 4.78 is 1.96. The Balaban J connectivity index is 2.07. The van der Waals surface area contributed by atoms with Crippen molar-refractivity contribution in [1.29, 1.82) is 5.26 Å². The SMILES string of the molecule is Cc1c(CNC(C)(C)C2CC2)cc(C#N)n1C. The van der Waals surface area contributed by atoms with Gasteiger partial charge in [-0.1, -0.05) is 0 Å². The summed E-state index contributed by atoms with van der Waals surface area (Å²) in [4.78, 5) is 0. The van der Waals surface area contributed by atoms with Gasteiger partial charge >= 0.3 is 0 Å². The van der Waals surface area contributed by atoms with Crippen molar-refractivity contribution in [2.45, 2.75) is 45.7 Å². The molecule has 0 radical (unpaired) electrons. The van der Waals surface area contributed by atoms with Crippen molar-refractivity contribution in [1.82, 2.24) is 9.88 Å². The summed E-state index contributed by atoms with van der Waals surface area (Å²) >= 11 is 0. The molecule has 0 saturated heterocycles. The van der Waals surface area contributed by atoms with E-state index in [-0.39, 0.29) is 5.54 Å². The molecule has 1 aromatic rings. The monoisotopic (exact) mass is 231 g/mol. The molecule has 0 aromatic carbocycles. The third-order valence-corrected chi connectivity index (χ3v) is 4.09. The van der Waals surface area contributed by atoms with Crippen molar-refractivity contribution in [3.05, 3.63) is 23.0 Å². The maximum Gasteiger partial charge on any atom is 0.120 e. The van der Waals surface area contributed by atoms with E-state index in [0.717, 1.165) is 18.2 Å². The van der Waals surface area contributed by atoms with Crippen molar-refractivity contribution in [2.75, 3.05) is 0 Å². The third kappa shape index (κ3) is 2.37. The van der Waals surface area contributed by atoms with Crippen LogP contribution in [-0.2, 0) is 13.6 Å². The van der Waals surface area contributed by atoms with Crippen LogP contribution in [0.2, 0.25) is 0 Å². The second-order valence-corrected chi connectivity index (χ2v) is 5.66. The second kappa shape index (κ2) is 4.19. The molecule has 0 spiro atoms. The fourth-order valence-electron chi connectivity index (χ4n) is 2.32. The van der Waals surface area contributed by atoms with Gasteiger partial charge in [0.05, 0.1) is 0 Å². The Kier molecular flexibility index (Phi) is 3.01. The van der Waals surface area contributed by atoms with Gasteiger partial charge in [-0.05, 0) is 51.2 Å². The minimum atomic E-state index is 0.217. The normalized spacial score (nSPS) is 15.9. The van der Waals surface area contributed by atoms with Gasteiger partial charge in [-0.15, -0.1) is 0 Å². The number of hydrogen-bond donors (Lipinski definition) is 1. The van der Waals surface area contributed by atoms with Gasteiger partial charge in [0, 0.05) is 24.8 Å². The summed E-state index contributed by atoms with van der Waals surface area (Å²) in [5.74, 6) is 0.821. The fourth-order valence-corrected chi connectivity index (χ4v) is 2.32. The molecular weight excluding hydrogens is 210 g/mol. The van der Waals surface area contributed by atoms with Crippen molar-refractivity contribution < 1.29 is 0 Å². The van der Waals surface area contributed by atoms with Gasteiger partial charge in [-0.2, -0.15) is 5.26 Å². The zero-order valence-corrected chi connectivity index (χ0v) is 11.2. The van der Waals surface area contributed by atoms with E-state index in [0.29, 0.717) is 0 Å². The fraction of sp³-hybridized carbons (Fsp3) is 0.643. The number of nitrogens with zero attached hydrogens (tertiary/aromatic N) is 2. The van der Waals surface area contributed by atoms with E-state index < -0.39 is 0 Å². The average molecular weight is 231 g/mol. The number of hydrogen-bond acceptors (Lipinski definition) is 2. The van der Waals surface area contributed by atoms with Crippen LogP contribution in [0.4, 0.5) is 0 Å². The molecular formula is C14H21N3. The number of nitrogens with one attached hydrogen (secondary N) is 1. The lowest BCUT2D eigenvalue weighted by molar-refractivity contribution is 0.339. The lowest BCUT2D eigenvalue weighted by atomic mass is 9.98. The number of nitriles is 1. The van der Waals surface area contributed by atoms with E-state index in [9.17, 15) is 0 Å². The highest BCUT2D eigenvalue weighted by atomic mass is 15.0. The number of aromatic nitrogens is 1. The molecule has 0 bridgehead atoms. The molecule has 3 heteroatoms. The van der Waals surface area contributed by atoms with Gasteiger partial charge in [-0.3, -0.25) is 0 Å². The molecule has 17 heavy (non-hydrogen) atoms. The Morgan fingerprint density at radius 2 is 2.18 bits per heavy atom. The molecule has 0 amide bonds. The molecule has 1 heterocycles. The van der Waals surface area contributed by atoms with E-state index in [1.807, 2.05) is 17.7 Å². The average Bonchev–Trinajstić information content (AvgIpc) is 3.08. The molecule has 92 valence electrons. The first-order valence-corrected chi connectivity index (χ1v) is 6.26. The first-order chi connectivity index (χ1) is 7.95. The van der Waals surface area contributed by atoms with Crippen LogP contribution in [0.15, 0.2) is 6.07 Å². The largest absolute Gasteiger partial charge is 0.340 e. The summed E-state index contributed by atoms with van der Waals surface area (Å²) in [7, 11) is 1.95. The summed E-state index contributed by atoms with van der Waals surface area (Å²) in [6.07, 6.45) is 2.69. The summed E-state index contributed by atoms with van der Waals surface area (Å²) in [5.41, 5.74) is 3.37. The van der Waals surface area contributed by atoms with Crippen LogP contribution in [-0.4, -0.2) is 10.1 Å². The van der Waals surface area contributed by atoms with Crippen LogP contribution < -0.4 is 5.32 Å². The Labute approximate surface area is 103 Å². The molecule has 1 fully saturated rings. The first kappa shape index (κ1) is 12.2. The van der Waals surface area contributed by atoms with Gasteiger partial charge in [0.1, 0.15) is 11.8 Å². The molecule has 3 nitrogen and oxygen atoms in total. The van der Waals surface area contributed by atoms with Crippen molar-refractivity contribution >= 4 is 0 Å². The van der Waals surface area contributed by atoms with E-state index in [1.165, 1.54) is 24.1 Å². The van der Waals surface area contributed by atoms with Crippen LogP contribution in [0.25, 0.3) is 0 Å². The third-order valence-electron chi connectivity index (χ3n) is 4.09. The zero-order valence-electron chi connectivity index (χ0n) is 11.2. The van der Waals surface area contributed by atoms with Crippen LogP contribution in [0.3, 0.4) is 0 Å². The molecule has 1 aliphatic rings. The zero-order chi connectivity index (χ0) is 12.6. The van der Waals surface area contributed by atoms with Gasteiger partial charge in [0.15, 0.2) is 0 Å². The summed E-state index contributed by atoms with van der Waals surface area (Å²) in [6, 6.07) is 4.22. The Bertz CT molecular complexity index is 459. The molecule has 1 N–H and O–H groups in total. The van der Waals surface area contributed by atoms with Crippen molar-refractivity contribution in [3.8, 4) is 6.07 Å². The molecule has 0 unspecified atom stereocenters. The van der Waals surface area contributed by atoms with Crippen molar-refractivity contribution in [2.24, 2.45) is 13.0 Å². The maximum absolute atomic E-state index is 8.99. The second-order valence-electron chi connectivity index (χ2n) is 5.66. The highest BCUT2D eigenvalue weighted by Gasteiger charge is 2.37. The highest BCUT2D eigenvalue weighted by Crippen LogP contribution is 2.39. The standard InChI is InChI=1S/C14H21N3/c1-10-11(7-13(8-15)17(10)4)9-16-14(2,3)12-5-6-12/h7,12,16H,5-6,9H2,1-4H3. The van der Waals surface area contributed by atoms with Gasteiger partial charge in [-0.25, -0.2) is 0 Å². The van der Waals surface area contributed by atoms with Crippen LogP contribution >= 0.6 is 0 Å². The van der Waals surface area contributed by atoms with Gasteiger partial charge in [0.25, 0.3) is 0 Å². The predicted molar refractivity (Wildman–Crippen MR) is 68.5 cm³/mol. The minimum Gasteiger partial charge on any atom is -0.340 e. The van der Waals surface area contributed by atoms with Gasteiger partial charge < -0.3 is 9.88 Å². The predicted octanol–water partition coefficient (Wildman–Crippen LogP) is 2.48. The molecule has 1 aliphatic carbocycles. The molecule has 0 aliphatic heterocycles. The molecule has 1 saturated carbocycles. The maximum atomic E-state index is 8.99. The summed E-state index contributed by atoms with van der Waals surface area (Å²) in [6.45, 7) is 7.47. The van der Waals surface area contributed by atoms with Crippen molar-refractivity contribution in [3.63, 3.8) is 0 Å². The molecule has 1 aromatic heterocycles. The van der Waals surface area contributed by atoms with Crippen LogP contribution in [0.5, 0.6) is 0 Å². The highest BCUT2D eigenvalue weighted by molar-refractivity contribution is 5.34. The van der Waals surface area contributed by atoms with E-state index in [4.69, 9.17) is 5.26 Å². The quantitative estimate of drug-likeness (QED) is 0.865. The lowest BCUT2D eigenvalue weighted by Crippen LogP contribution is -2.40. The van der Waals surface area contributed by atoms with Crippen LogP contribution in [0.1, 0.15) is 43.6 Å². The molecule has 2 rings (SSSR count). The van der Waals surface area contributed by atoms with E-state index in [2.05, 4.69) is 32.2 Å². The molecule has 0 atom stereocenters. The Hall–Kier alpha value is -1.27. The van der Waals surface area contributed by atoms with E-state index in [1.54, 1.807) is 0 Å². The van der Waals surface area contributed by atoms with Gasteiger partial charge in [0.2, 0.25) is 0 Å². The minimum absolute atomic E-state index is 0.217. The first-order valence-electron chi connectivity index (χ1n) is 6.26.